The van der Waals surface area contributed by atoms with Gasteiger partial charge < -0.3 is 9.15 Å². The SMILES string of the molecule is CCOc1ccc(-c2cc(-c3ccc(S(C)(=O)=O)cc3)c(-c3ccccc3)c(=O)o2)cc1. The molecule has 1 aromatic heterocycles. The van der Waals surface area contributed by atoms with Crippen molar-refractivity contribution in [3.8, 4) is 39.3 Å². The summed E-state index contributed by atoms with van der Waals surface area (Å²) in [6.45, 7) is 2.48. The molecule has 6 heteroatoms. The average molecular weight is 447 g/mol. The maximum Gasteiger partial charge on any atom is 0.344 e. The Bertz CT molecular complexity index is 1390. The van der Waals surface area contributed by atoms with Crippen LogP contribution in [0, 0.1) is 0 Å². The van der Waals surface area contributed by atoms with E-state index in [0.29, 0.717) is 23.5 Å². The molecule has 0 saturated carbocycles. The van der Waals surface area contributed by atoms with Gasteiger partial charge in [-0.1, -0.05) is 42.5 Å². The molecule has 0 aliphatic carbocycles. The van der Waals surface area contributed by atoms with E-state index in [9.17, 15) is 13.2 Å². The summed E-state index contributed by atoms with van der Waals surface area (Å²) in [5, 5.41) is 0. The van der Waals surface area contributed by atoms with Gasteiger partial charge in [-0.25, -0.2) is 13.2 Å². The van der Waals surface area contributed by atoms with Crippen LogP contribution in [0.4, 0.5) is 0 Å². The van der Waals surface area contributed by atoms with Gasteiger partial charge in [0.25, 0.3) is 0 Å². The Kier molecular flexibility index (Phi) is 5.97. The number of ether oxygens (including phenoxy) is 1. The second-order valence-electron chi connectivity index (χ2n) is 7.31. The van der Waals surface area contributed by atoms with Gasteiger partial charge in [-0.2, -0.15) is 0 Å². The molecular weight excluding hydrogens is 424 g/mol. The molecule has 32 heavy (non-hydrogen) atoms. The largest absolute Gasteiger partial charge is 0.494 e. The molecule has 5 nitrogen and oxygen atoms in total. The molecule has 0 aliphatic rings. The number of benzene rings is 3. The first-order valence-electron chi connectivity index (χ1n) is 10.1. The Morgan fingerprint density at radius 1 is 0.812 bits per heavy atom. The minimum absolute atomic E-state index is 0.220. The monoisotopic (exact) mass is 446 g/mol. The predicted octanol–water partition coefficient (Wildman–Crippen LogP) is 5.44. The number of hydrogen-bond acceptors (Lipinski definition) is 5. The molecule has 0 aliphatic heterocycles. The lowest BCUT2D eigenvalue weighted by Gasteiger charge is -2.12. The van der Waals surface area contributed by atoms with E-state index in [2.05, 4.69) is 0 Å². The molecule has 0 bridgehead atoms. The van der Waals surface area contributed by atoms with Gasteiger partial charge in [0, 0.05) is 17.4 Å². The number of hydrogen-bond donors (Lipinski definition) is 0. The van der Waals surface area contributed by atoms with Crippen molar-refractivity contribution < 1.29 is 17.6 Å². The van der Waals surface area contributed by atoms with Gasteiger partial charge in [0.2, 0.25) is 0 Å². The second-order valence-corrected chi connectivity index (χ2v) is 9.32. The van der Waals surface area contributed by atoms with E-state index < -0.39 is 15.5 Å². The van der Waals surface area contributed by atoms with Crippen molar-refractivity contribution in [3.05, 3.63) is 95.3 Å². The van der Waals surface area contributed by atoms with E-state index >= 15 is 0 Å². The van der Waals surface area contributed by atoms with Crippen LogP contribution in [0.2, 0.25) is 0 Å². The van der Waals surface area contributed by atoms with Gasteiger partial charge in [0.1, 0.15) is 11.5 Å². The van der Waals surface area contributed by atoms with E-state index in [1.807, 2.05) is 67.6 Å². The first-order chi connectivity index (χ1) is 15.4. The van der Waals surface area contributed by atoms with Crippen LogP contribution in [0.25, 0.3) is 33.6 Å². The van der Waals surface area contributed by atoms with Crippen LogP contribution < -0.4 is 10.4 Å². The van der Waals surface area contributed by atoms with Crippen molar-refractivity contribution >= 4 is 9.84 Å². The maximum atomic E-state index is 13.1. The highest BCUT2D eigenvalue weighted by Crippen LogP contribution is 2.34. The second kappa shape index (κ2) is 8.85. The maximum absolute atomic E-state index is 13.1. The van der Waals surface area contributed by atoms with Crippen molar-refractivity contribution in [2.45, 2.75) is 11.8 Å². The van der Waals surface area contributed by atoms with Crippen molar-refractivity contribution in [2.75, 3.05) is 12.9 Å². The summed E-state index contributed by atoms with van der Waals surface area (Å²) in [7, 11) is -3.32. The minimum atomic E-state index is -3.32. The molecule has 0 N–H and O–H groups in total. The zero-order chi connectivity index (χ0) is 22.7. The van der Waals surface area contributed by atoms with Gasteiger partial charge in [-0.3, -0.25) is 0 Å². The number of rotatable bonds is 6. The van der Waals surface area contributed by atoms with Gasteiger partial charge in [0.15, 0.2) is 9.84 Å². The first-order valence-corrected chi connectivity index (χ1v) is 12.0. The lowest BCUT2D eigenvalue weighted by molar-refractivity contribution is 0.340. The third kappa shape index (κ3) is 4.50. The van der Waals surface area contributed by atoms with E-state index in [-0.39, 0.29) is 4.90 Å². The fourth-order valence-corrected chi connectivity index (χ4v) is 4.14. The summed E-state index contributed by atoms with van der Waals surface area (Å²) in [4.78, 5) is 13.3. The summed E-state index contributed by atoms with van der Waals surface area (Å²) in [5.74, 6) is 1.15. The van der Waals surface area contributed by atoms with E-state index in [1.54, 1.807) is 24.3 Å². The van der Waals surface area contributed by atoms with Crippen LogP contribution in [-0.4, -0.2) is 21.3 Å². The quantitative estimate of drug-likeness (QED) is 0.394. The molecule has 4 aromatic rings. The predicted molar refractivity (Wildman–Crippen MR) is 126 cm³/mol. The molecule has 0 spiro atoms. The normalized spacial score (nSPS) is 11.3. The van der Waals surface area contributed by atoms with Gasteiger partial charge >= 0.3 is 5.63 Å². The highest BCUT2D eigenvalue weighted by atomic mass is 32.2. The highest BCUT2D eigenvalue weighted by molar-refractivity contribution is 7.90. The van der Waals surface area contributed by atoms with Crippen molar-refractivity contribution in [3.63, 3.8) is 0 Å². The highest BCUT2D eigenvalue weighted by Gasteiger charge is 2.17. The summed E-state index contributed by atoms with van der Waals surface area (Å²) in [5.41, 5.74) is 2.80. The molecule has 0 fully saturated rings. The molecule has 1 heterocycles. The zero-order valence-corrected chi connectivity index (χ0v) is 18.6. The van der Waals surface area contributed by atoms with E-state index in [1.165, 1.54) is 6.26 Å². The molecule has 0 saturated heterocycles. The van der Waals surface area contributed by atoms with Crippen molar-refractivity contribution in [2.24, 2.45) is 0 Å². The fourth-order valence-electron chi connectivity index (χ4n) is 3.51. The molecule has 0 atom stereocenters. The van der Waals surface area contributed by atoms with Crippen molar-refractivity contribution in [1.82, 2.24) is 0 Å². The summed E-state index contributed by atoms with van der Waals surface area (Å²) >= 11 is 0. The topological polar surface area (TPSA) is 73.6 Å². The third-order valence-electron chi connectivity index (χ3n) is 5.06. The zero-order valence-electron chi connectivity index (χ0n) is 17.7. The third-order valence-corrected chi connectivity index (χ3v) is 6.19. The number of sulfone groups is 1. The molecule has 0 amide bonds. The smallest absolute Gasteiger partial charge is 0.344 e. The molecule has 0 unspecified atom stereocenters. The summed E-state index contributed by atoms with van der Waals surface area (Å²) < 4.78 is 34.9. The van der Waals surface area contributed by atoms with Crippen LogP contribution >= 0.6 is 0 Å². The van der Waals surface area contributed by atoms with Crippen LogP contribution in [0.3, 0.4) is 0 Å². The van der Waals surface area contributed by atoms with Crippen LogP contribution in [0.15, 0.2) is 99.0 Å². The Morgan fingerprint density at radius 3 is 2.03 bits per heavy atom. The first kappa shape index (κ1) is 21.6. The standard InChI is InChI=1S/C26H22O5S/c1-3-30-21-13-9-19(10-14-21)24-17-23(18-11-15-22(16-12-18)32(2,28)29)25(26(27)31-24)20-7-5-4-6-8-20/h4-17H,3H2,1-2H3. The molecule has 162 valence electrons. The average Bonchev–Trinajstić information content (AvgIpc) is 2.79. The van der Waals surface area contributed by atoms with Crippen LogP contribution in [0.1, 0.15) is 6.92 Å². The summed E-state index contributed by atoms with van der Waals surface area (Å²) in [6.07, 6.45) is 1.17. The Morgan fingerprint density at radius 2 is 1.44 bits per heavy atom. The molecule has 0 radical (unpaired) electrons. The molecule has 4 rings (SSSR count). The Hall–Kier alpha value is -3.64. The van der Waals surface area contributed by atoms with Gasteiger partial charge in [-0.15, -0.1) is 0 Å². The molecule has 3 aromatic carbocycles. The lowest BCUT2D eigenvalue weighted by Crippen LogP contribution is -2.06. The fraction of sp³-hybridized carbons (Fsp3) is 0.115. The summed E-state index contributed by atoms with van der Waals surface area (Å²) in [6, 6.07) is 24.9. The van der Waals surface area contributed by atoms with Crippen molar-refractivity contribution in [1.29, 1.82) is 0 Å². The Labute approximate surface area is 186 Å². The van der Waals surface area contributed by atoms with Gasteiger partial charge in [0.05, 0.1) is 17.1 Å². The lowest BCUT2D eigenvalue weighted by atomic mass is 9.95. The Balaban J connectivity index is 1.90. The van der Waals surface area contributed by atoms with E-state index in [4.69, 9.17) is 9.15 Å². The van der Waals surface area contributed by atoms with Crippen LogP contribution in [0.5, 0.6) is 5.75 Å². The van der Waals surface area contributed by atoms with Gasteiger partial charge in [-0.05, 0) is 60.5 Å². The molecular formula is C26H22O5S. The minimum Gasteiger partial charge on any atom is -0.494 e. The van der Waals surface area contributed by atoms with E-state index in [0.717, 1.165) is 22.4 Å². The van der Waals surface area contributed by atoms with Crippen LogP contribution in [-0.2, 0) is 9.84 Å².